The molecule has 1 aliphatic carbocycles. The first-order valence-corrected chi connectivity index (χ1v) is 4.87. The third-order valence-electron chi connectivity index (χ3n) is 3.05. The summed E-state index contributed by atoms with van der Waals surface area (Å²) < 4.78 is 0. The molecule has 1 atom stereocenters. The Morgan fingerprint density at radius 2 is 2.15 bits per heavy atom. The predicted octanol–water partition coefficient (Wildman–Crippen LogP) is 0.256. The Labute approximate surface area is 77.8 Å². The van der Waals surface area contributed by atoms with Crippen LogP contribution in [-0.4, -0.2) is 13.1 Å². The van der Waals surface area contributed by atoms with Gasteiger partial charge in [0.15, 0.2) is 0 Å². The zero-order valence-corrected chi connectivity index (χ0v) is 7.53. The van der Waals surface area contributed by atoms with Crippen LogP contribution in [0.4, 0.5) is 0 Å². The van der Waals surface area contributed by atoms with Gasteiger partial charge in [0.05, 0.1) is 0 Å². The van der Waals surface area contributed by atoms with Gasteiger partial charge in [-0.2, -0.15) is 0 Å². The molecule has 0 saturated carbocycles. The van der Waals surface area contributed by atoms with Crippen molar-refractivity contribution in [2.45, 2.75) is 6.42 Å². The lowest BCUT2D eigenvalue weighted by molar-refractivity contribution is 0.686. The molecule has 1 nitrogen and oxygen atoms in total. The van der Waals surface area contributed by atoms with Gasteiger partial charge in [-0.15, -0.1) is 0 Å². The minimum atomic E-state index is 0.717. The predicted molar refractivity (Wildman–Crippen MR) is 53.5 cm³/mol. The van der Waals surface area contributed by atoms with Crippen molar-refractivity contribution in [2.24, 2.45) is 5.92 Å². The Kier molecular flexibility index (Phi) is 1.53. The number of benzene rings is 1. The maximum atomic E-state index is 4.47. The number of rotatable bonds is 0. The Hall–Kier alpha value is -1.08. The topological polar surface area (TPSA) is 14.1 Å². The summed E-state index contributed by atoms with van der Waals surface area (Å²) in [6.45, 7) is 2.01. The van der Waals surface area contributed by atoms with Crippen LogP contribution in [0.2, 0.25) is 0 Å². The van der Waals surface area contributed by atoms with E-state index in [1.165, 1.54) is 16.9 Å². The minimum absolute atomic E-state index is 0.717. The van der Waals surface area contributed by atoms with Crippen molar-refractivity contribution in [3.63, 3.8) is 0 Å². The fourth-order valence-corrected chi connectivity index (χ4v) is 2.34. The van der Waals surface area contributed by atoms with Crippen molar-refractivity contribution in [1.82, 2.24) is 5.32 Å². The Morgan fingerprint density at radius 1 is 1.23 bits per heavy atom. The van der Waals surface area contributed by atoms with Crippen molar-refractivity contribution in [1.29, 1.82) is 0 Å². The molecule has 13 heavy (non-hydrogen) atoms. The van der Waals surface area contributed by atoms with E-state index in [-0.39, 0.29) is 0 Å². The molecule has 0 aromatic heterocycles. The first-order valence-electron chi connectivity index (χ1n) is 4.87. The zero-order chi connectivity index (χ0) is 8.67. The van der Waals surface area contributed by atoms with E-state index in [2.05, 4.69) is 35.7 Å². The quantitative estimate of drug-likeness (QED) is 0.530. The molecular formula is C12H12N. The number of fused-ring (bicyclic) bond motifs is 2. The van der Waals surface area contributed by atoms with Crippen LogP contribution in [0.1, 0.15) is 6.42 Å². The molecule has 0 N–H and O–H groups in total. The Balaban J connectivity index is 2.38. The van der Waals surface area contributed by atoms with Gasteiger partial charge in [0.2, 0.25) is 0 Å². The summed E-state index contributed by atoms with van der Waals surface area (Å²) in [5.41, 5.74) is 1.57. The van der Waals surface area contributed by atoms with Gasteiger partial charge in [-0.3, -0.25) is 0 Å². The van der Waals surface area contributed by atoms with Crippen molar-refractivity contribution >= 4 is 11.6 Å². The summed E-state index contributed by atoms with van der Waals surface area (Å²) in [7, 11) is 0. The lowest BCUT2D eigenvalue weighted by atomic mass is 9.91. The highest BCUT2D eigenvalue weighted by molar-refractivity contribution is 5.57. The first-order chi connectivity index (χ1) is 6.45. The Bertz CT molecular complexity index is 444. The van der Waals surface area contributed by atoms with E-state index in [1.54, 1.807) is 5.57 Å². The first kappa shape index (κ1) is 7.34. The molecule has 1 saturated heterocycles. The van der Waals surface area contributed by atoms with E-state index in [0.717, 1.165) is 19.0 Å². The van der Waals surface area contributed by atoms with Crippen LogP contribution < -0.4 is 15.8 Å². The van der Waals surface area contributed by atoms with E-state index in [0.29, 0.717) is 0 Å². The normalized spacial score (nSPS) is 24.9. The van der Waals surface area contributed by atoms with Crippen molar-refractivity contribution in [3.05, 3.63) is 34.7 Å². The fourth-order valence-electron chi connectivity index (χ4n) is 2.34. The molecule has 2 aliphatic rings. The highest BCUT2D eigenvalue weighted by Crippen LogP contribution is 2.21. The second-order valence-corrected chi connectivity index (χ2v) is 3.81. The summed E-state index contributed by atoms with van der Waals surface area (Å²) >= 11 is 0. The third kappa shape index (κ3) is 1.04. The molecule has 1 radical (unpaired) electrons. The number of nitrogens with zero attached hydrogens (tertiary/aromatic N) is 1. The summed E-state index contributed by atoms with van der Waals surface area (Å²) in [6.07, 6.45) is 3.54. The Morgan fingerprint density at radius 3 is 3.15 bits per heavy atom. The van der Waals surface area contributed by atoms with Gasteiger partial charge in [0, 0.05) is 13.1 Å². The highest BCUT2D eigenvalue weighted by atomic mass is 14.9. The van der Waals surface area contributed by atoms with Gasteiger partial charge in [-0.1, -0.05) is 30.3 Å². The maximum absolute atomic E-state index is 4.47. The summed E-state index contributed by atoms with van der Waals surface area (Å²) in [4.78, 5) is 0. The van der Waals surface area contributed by atoms with Crippen LogP contribution in [0.25, 0.3) is 11.6 Å². The molecule has 0 spiro atoms. The van der Waals surface area contributed by atoms with E-state index in [9.17, 15) is 0 Å². The molecule has 65 valence electrons. The number of hydrogen-bond donors (Lipinski definition) is 0. The van der Waals surface area contributed by atoms with Crippen LogP contribution in [0.3, 0.4) is 0 Å². The van der Waals surface area contributed by atoms with Crippen LogP contribution in [-0.2, 0) is 0 Å². The molecule has 0 amide bonds. The lowest BCUT2D eigenvalue weighted by Gasteiger charge is -2.12. The van der Waals surface area contributed by atoms with E-state index in [1.807, 2.05) is 0 Å². The molecule has 1 heteroatoms. The standard InChI is InChI=1S/C12H12N/c1-2-4-11-9(3-1)5-6-10-7-13-8-12(10)11/h1-5,10H,6-8H2. The van der Waals surface area contributed by atoms with Crippen LogP contribution >= 0.6 is 0 Å². The molecule has 1 unspecified atom stereocenters. The van der Waals surface area contributed by atoms with E-state index in [4.69, 9.17) is 0 Å². The van der Waals surface area contributed by atoms with Crippen molar-refractivity contribution in [2.75, 3.05) is 13.1 Å². The molecule has 3 rings (SSSR count). The van der Waals surface area contributed by atoms with Crippen LogP contribution in [0.5, 0.6) is 0 Å². The van der Waals surface area contributed by atoms with Crippen molar-refractivity contribution in [3.8, 4) is 0 Å². The van der Waals surface area contributed by atoms with Crippen LogP contribution in [0, 0.1) is 5.92 Å². The fraction of sp³-hybridized carbons (Fsp3) is 0.333. The molecule has 1 heterocycles. The maximum Gasteiger partial charge on any atom is 0.0356 e. The average molecular weight is 170 g/mol. The molecule has 1 aromatic carbocycles. The number of hydrogen-bond acceptors (Lipinski definition) is 0. The SMILES string of the molecule is C1=c2ccccc2=C2C[N]CC2C1. The average Bonchev–Trinajstić information content (AvgIpc) is 2.65. The minimum Gasteiger partial charge on any atom is -0.237 e. The molecule has 1 aromatic rings. The second kappa shape index (κ2) is 2.71. The van der Waals surface area contributed by atoms with Gasteiger partial charge in [0.25, 0.3) is 0 Å². The summed E-state index contributed by atoms with van der Waals surface area (Å²) in [5.74, 6) is 0.717. The van der Waals surface area contributed by atoms with Gasteiger partial charge in [-0.05, 0) is 28.3 Å². The molecule has 1 fully saturated rings. The van der Waals surface area contributed by atoms with Gasteiger partial charge in [0.1, 0.15) is 0 Å². The van der Waals surface area contributed by atoms with Crippen LogP contribution in [0.15, 0.2) is 24.3 Å². The highest BCUT2D eigenvalue weighted by Gasteiger charge is 2.22. The largest absolute Gasteiger partial charge is 0.237 e. The van der Waals surface area contributed by atoms with Gasteiger partial charge in [-0.25, -0.2) is 5.32 Å². The molecular weight excluding hydrogens is 158 g/mol. The zero-order valence-electron chi connectivity index (χ0n) is 7.53. The van der Waals surface area contributed by atoms with Gasteiger partial charge < -0.3 is 0 Å². The van der Waals surface area contributed by atoms with E-state index < -0.39 is 0 Å². The van der Waals surface area contributed by atoms with E-state index >= 15 is 0 Å². The lowest BCUT2D eigenvalue weighted by Crippen LogP contribution is -2.32. The third-order valence-corrected chi connectivity index (χ3v) is 3.05. The molecule has 0 bridgehead atoms. The van der Waals surface area contributed by atoms with Crippen molar-refractivity contribution < 1.29 is 0 Å². The monoisotopic (exact) mass is 170 g/mol. The summed E-state index contributed by atoms with van der Waals surface area (Å²) in [5, 5.41) is 7.32. The second-order valence-electron chi connectivity index (χ2n) is 3.81. The smallest absolute Gasteiger partial charge is 0.0356 e. The molecule has 1 aliphatic heterocycles. The summed E-state index contributed by atoms with van der Waals surface area (Å²) in [6, 6.07) is 8.67. The van der Waals surface area contributed by atoms with Gasteiger partial charge >= 0.3 is 0 Å².